The van der Waals surface area contributed by atoms with Crippen molar-refractivity contribution in [3.63, 3.8) is 0 Å². The summed E-state index contributed by atoms with van der Waals surface area (Å²) in [5, 5.41) is 0. The van der Waals surface area contributed by atoms with Gasteiger partial charge in [-0.25, -0.2) is 0 Å². The summed E-state index contributed by atoms with van der Waals surface area (Å²) in [5.74, 6) is -0.211. The van der Waals surface area contributed by atoms with Gasteiger partial charge >= 0.3 is 5.97 Å². The molecule has 0 heterocycles. The van der Waals surface area contributed by atoms with E-state index in [1.165, 1.54) is 6.92 Å². The van der Waals surface area contributed by atoms with Crippen LogP contribution in [0.2, 0.25) is 0 Å². The Kier molecular flexibility index (Phi) is 13.6. The Morgan fingerprint density at radius 1 is 1.40 bits per heavy atom. The first-order chi connectivity index (χ1) is 4.68. The minimum atomic E-state index is -0.211. The molecule has 10 heavy (non-hydrogen) atoms. The van der Waals surface area contributed by atoms with Crippen molar-refractivity contribution in [2.45, 2.75) is 13.8 Å². The van der Waals surface area contributed by atoms with Crippen LogP contribution in [0.5, 0.6) is 0 Å². The zero-order valence-electron chi connectivity index (χ0n) is 6.59. The minimum absolute atomic E-state index is 0.211. The smallest absolute Gasteiger partial charge is 0.302 e. The van der Waals surface area contributed by atoms with Crippen molar-refractivity contribution in [1.82, 2.24) is 0 Å². The summed E-state index contributed by atoms with van der Waals surface area (Å²) in [5.41, 5.74) is 9.81. The van der Waals surface area contributed by atoms with Crippen LogP contribution in [0.15, 0.2) is 0 Å². The molecule has 4 N–H and O–H groups in total. The average molecular weight is 148 g/mol. The first-order valence-electron chi connectivity index (χ1n) is 3.22. The van der Waals surface area contributed by atoms with E-state index in [2.05, 4.69) is 4.74 Å². The van der Waals surface area contributed by atoms with E-state index in [1.54, 1.807) is 6.92 Å². The van der Waals surface area contributed by atoms with Gasteiger partial charge in [0.1, 0.15) is 0 Å². The van der Waals surface area contributed by atoms with Crippen molar-refractivity contribution >= 4 is 5.97 Å². The molecule has 0 aromatic heterocycles. The highest BCUT2D eigenvalue weighted by atomic mass is 16.5. The highest BCUT2D eigenvalue weighted by Crippen LogP contribution is 1.69. The first kappa shape index (κ1) is 12.1. The molecule has 4 nitrogen and oxygen atoms in total. The number of rotatable bonds is 2. The molecule has 0 aliphatic rings. The molecule has 0 unspecified atom stereocenters. The number of hydrogen-bond acceptors (Lipinski definition) is 4. The third-order valence-corrected chi connectivity index (χ3v) is 0.514. The minimum Gasteiger partial charge on any atom is -0.466 e. The summed E-state index contributed by atoms with van der Waals surface area (Å²) in [6.07, 6.45) is 0. The molecular weight excluding hydrogens is 132 g/mol. The van der Waals surface area contributed by atoms with Crippen molar-refractivity contribution in [3.05, 3.63) is 0 Å². The SMILES string of the molecule is CCOC(C)=O.NCCN. The Hall–Kier alpha value is -0.610. The second-order valence-corrected chi connectivity index (χ2v) is 1.50. The number of ether oxygens (including phenoxy) is 1. The molecule has 0 aromatic rings. The molecule has 0 radical (unpaired) electrons. The van der Waals surface area contributed by atoms with E-state index in [0.29, 0.717) is 19.7 Å². The fourth-order valence-electron chi connectivity index (χ4n) is 0.203. The van der Waals surface area contributed by atoms with Gasteiger partial charge in [-0.05, 0) is 6.92 Å². The third-order valence-electron chi connectivity index (χ3n) is 0.514. The standard InChI is InChI=1S/C4H8O2.C2H8N2/c1-3-6-4(2)5;3-1-2-4/h3H2,1-2H3;1-4H2. The normalized spacial score (nSPS) is 7.60. The van der Waals surface area contributed by atoms with Gasteiger partial charge in [0.25, 0.3) is 0 Å². The number of nitrogens with two attached hydrogens (primary N) is 2. The van der Waals surface area contributed by atoms with Crippen LogP contribution in [0.3, 0.4) is 0 Å². The van der Waals surface area contributed by atoms with E-state index in [4.69, 9.17) is 11.5 Å². The number of esters is 1. The molecule has 0 rings (SSSR count). The van der Waals surface area contributed by atoms with Gasteiger partial charge in [0.2, 0.25) is 0 Å². The number of hydrogen-bond donors (Lipinski definition) is 2. The lowest BCUT2D eigenvalue weighted by Crippen LogP contribution is -2.11. The van der Waals surface area contributed by atoms with E-state index in [-0.39, 0.29) is 5.97 Å². The maximum atomic E-state index is 9.82. The summed E-state index contributed by atoms with van der Waals surface area (Å²) in [6, 6.07) is 0. The first-order valence-corrected chi connectivity index (χ1v) is 3.22. The van der Waals surface area contributed by atoms with Gasteiger partial charge in [-0.2, -0.15) is 0 Å². The van der Waals surface area contributed by atoms with Crippen LogP contribution in [0.25, 0.3) is 0 Å². The highest BCUT2D eigenvalue weighted by Gasteiger charge is 1.81. The molecular formula is C6H16N2O2. The summed E-state index contributed by atoms with van der Waals surface area (Å²) >= 11 is 0. The van der Waals surface area contributed by atoms with Crippen LogP contribution in [0.1, 0.15) is 13.8 Å². The molecule has 0 atom stereocenters. The Morgan fingerprint density at radius 3 is 1.80 bits per heavy atom. The maximum Gasteiger partial charge on any atom is 0.302 e. The molecule has 0 saturated carbocycles. The zero-order chi connectivity index (χ0) is 8.41. The molecule has 0 aliphatic carbocycles. The Morgan fingerprint density at radius 2 is 1.80 bits per heavy atom. The number of carbonyl (C=O) groups excluding carboxylic acids is 1. The lowest BCUT2D eigenvalue weighted by molar-refractivity contribution is -0.140. The van der Waals surface area contributed by atoms with Crippen molar-refractivity contribution in [1.29, 1.82) is 0 Å². The van der Waals surface area contributed by atoms with E-state index < -0.39 is 0 Å². The average Bonchev–Trinajstić information content (AvgIpc) is 1.89. The van der Waals surface area contributed by atoms with Crippen molar-refractivity contribution in [3.8, 4) is 0 Å². The van der Waals surface area contributed by atoms with Crippen LogP contribution in [0.4, 0.5) is 0 Å². The summed E-state index contributed by atoms with van der Waals surface area (Å²) < 4.78 is 4.40. The Bertz CT molecular complexity index is 74.1. The Labute approximate surface area is 61.5 Å². The summed E-state index contributed by atoms with van der Waals surface area (Å²) in [7, 11) is 0. The number of carbonyl (C=O) groups is 1. The maximum absolute atomic E-state index is 9.82. The van der Waals surface area contributed by atoms with Gasteiger partial charge in [0.05, 0.1) is 6.61 Å². The van der Waals surface area contributed by atoms with Crippen LogP contribution in [-0.4, -0.2) is 25.7 Å². The summed E-state index contributed by atoms with van der Waals surface area (Å²) in [4.78, 5) is 9.82. The molecule has 0 saturated heterocycles. The molecule has 4 heteroatoms. The molecule has 0 spiro atoms. The predicted molar refractivity (Wildman–Crippen MR) is 40.4 cm³/mol. The van der Waals surface area contributed by atoms with Gasteiger partial charge in [-0.3, -0.25) is 4.79 Å². The van der Waals surface area contributed by atoms with E-state index in [9.17, 15) is 4.79 Å². The highest BCUT2D eigenvalue weighted by molar-refractivity contribution is 5.65. The van der Waals surface area contributed by atoms with Gasteiger partial charge in [0.15, 0.2) is 0 Å². The van der Waals surface area contributed by atoms with Crippen molar-refractivity contribution in [2.24, 2.45) is 11.5 Å². The van der Waals surface area contributed by atoms with Gasteiger partial charge in [0, 0.05) is 20.0 Å². The lowest BCUT2D eigenvalue weighted by Gasteiger charge is -1.89. The molecule has 0 aromatic carbocycles. The van der Waals surface area contributed by atoms with Gasteiger partial charge in [-0.15, -0.1) is 0 Å². The van der Waals surface area contributed by atoms with Crippen LogP contribution < -0.4 is 11.5 Å². The molecule has 0 bridgehead atoms. The van der Waals surface area contributed by atoms with E-state index in [1.807, 2.05) is 0 Å². The van der Waals surface area contributed by atoms with Crippen molar-refractivity contribution in [2.75, 3.05) is 19.7 Å². The van der Waals surface area contributed by atoms with Crippen molar-refractivity contribution < 1.29 is 9.53 Å². The van der Waals surface area contributed by atoms with E-state index in [0.717, 1.165) is 0 Å². The second-order valence-electron chi connectivity index (χ2n) is 1.50. The fourth-order valence-corrected chi connectivity index (χ4v) is 0.203. The van der Waals surface area contributed by atoms with Crippen LogP contribution >= 0.6 is 0 Å². The quantitative estimate of drug-likeness (QED) is 0.516. The second kappa shape index (κ2) is 11.2. The molecule has 0 amide bonds. The lowest BCUT2D eigenvalue weighted by atomic mass is 10.7. The van der Waals surface area contributed by atoms with Gasteiger partial charge < -0.3 is 16.2 Å². The van der Waals surface area contributed by atoms with E-state index >= 15 is 0 Å². The summed E-state index contributed by atoms with van der Waals surface area (Å²) in [6.45, 7) is 4.85. The van der Waals surface area contributed by atoms with Gasteiger partial charge in [-0.1, -0.05) is 0 Å². The fraction of sp³-hybridized carbons (Fsp3) is 0.833. The third kappa shape index (κ3) is 26.3. The molecule has 0 fully saturated rings. The monoisotopic (exact) mass is 148 g/mol. The predicted octanol–water partition coefficient (Wildman–Crippen LogP) is -0.527. The topological polar surface area (TPSA) is 78.3 Å². The molecule has 0 aliphatic heterocycles. The largest absolute Gasteiger partial charge is 0.466 e. The van der Waals surface area contributed by atoms with Crippen LogP contribution in [-0.2, 0) is 9.53 Å². The zero-order valence-corrected chi connectivity index (χ0v) is 6.59. The molecule has 62 valence electrons. The Balaban J connectivity index is 0. The van der Waals surface area contributed by atoms with Crippen LogP contribution in [0, 0.1) is 0 Å².